The Labute approximate surface area is 96.1 Å². The van der Waals surface area contributed by atoms with Gasteiger partial charge in [0.15, 0.2) is 0 Å². The van der Waals surface area contributed by atoms with E-state index in [2.05, 4.69) is 35.1 Å². The van der Waals surface area contributed by atoms with Crippen molar-refractivity contribution in [2.75, 3.05) is 0 Å². The van der Waals surface area contributed by atoms with Crippen molar-refractivity contribution in [2.45, 2.75) is 20.3 Å². The number of nitrogens with zero attached hydrogens (tertiary/aromatic N) is 1. The van der Waals surface area contributed by atoms with Crippen LogP contribution < -0.4 is 0 Å². The maximum atomic E-state index is 4.66. The van der Waals surface area contributed by atoms with Gasteiger partial charge in [0, 0.05) is 6.20 Å². The number of aryl methyl sites for hydroxylation is 1. The topological polar surface area (TPSA) is 28.1 Å². The molecule has 1 heterocycles. The second kappa shape index (κ2) is 4.79. The summed E-state index contributed by atoms with van der Waals surface area (Å²) in [5, 5.41) is 0. The maximum Gasteiger partial charge on any atom is 0.0665 e. The minimum Gasteiger partial charge on any atom is -0.360 e. The van der Waals surface area contributed by atoms with Gasteiger partial charge >= 0.3 is 0 Å². The van der Waals surface area contributed by atoms with Crippen molar-refractivity contribution < 1.29 is 0 Å². The van der Waals surface area contributed by atoms with Crippen molar-refractivity contribution >= 4 is 11.4 Å². The molecule has 0 aliphatic heterocycles. The quantitative estimate of drug-likeness (QED) is 0.751. The molecule has 0 fully saturated rings. The zero-order chi connectivity index (χ0) is 11.4. The Morgan fingerprint density at radius 1 is 1.19 bits per heavy atom. The number of nitrogens with one attached hydrogen (secondary N) is 1. The van der Waals surface area contributed by atoms with Crippen LogP contribution in [-0.2, 0) is 6.42 Å². The van der Waals surface area contributed by atoms with Crippen LogP contribution in [0, 0.1) is 0 Å². The number of aromatic nitrogens is 1. The van der Waals surface area contributed by atoms with Gasteiger partial charge in [-0.3, -0.25) is 4.99 Å². The third kappa shape index (κ3) is 2.22. The van der Waals surface area contributed by atoms with Crippen molar-refractivity contribution in [3.63, 3.8) is 0 Å². The molecule has 82 valence electrons. The molecule has 16 heavy (non-hydrogen) atoms. The lowest BCUT2D eigenvalue weighted by Gasteiger charge is -2.03. The number of H-pyrrole nitrogens is 1. The Morgan fingerprint density at radius 2 is 2.00 bits per heavy atom. The summed E-state index contributed by atoms with van der Waals surface area (Å²) in [6.07, 6.45) is 2.93. The van der Waals surface area contributed by atoms with Crippen LogP contribution in [0.5, 0.6) is 0 Å². The molecule has 2 nitrogen and oxygen atoms in total. The predicted molar refractivity (Wildman–Crippen MR) is 68.5 cm³/mol. The fourth-order valence-electron chi connectivity index (χ4n) is 1.72. The lowest BCUT2D eigenvalue weighted by atomic mass is 10.1. The highest BCUT2D eigenvalue weighted by Gasteiger charge is 2.00. The van der Waals surface area contributed by atoms with Crippen LogP contribution in [0.4, 0.5) is 5.69 Å². The van der Waals surface area contributed by atoms with Gasteiger partial charge in [-0.15, -0.1) is 0 Å². The number of hydrogen-bond acceptors (Lipinski definition) is 1. The largest absolute Gasteiger partial charge is 0.360 e. The first-order valence-corrected chi connectivity index (χ1v) is 5.58. The maximum absolute atomic E-state index is 4.66. The monoisotopic (exact) mass is 212 g/mol. The smallest absolute Gasteiger partial charge is 0.0665 e. The predicted octanol–water partition coefficient (Wildman–Crippen LogP) is 3.72. The van der Waals surface area contributed by atoms with Crippen molar-refractivity contribution in [1.29, 1.82) is 0 Å². The van der Waals surface area contributed by atoms with E-state index in [-0.39, 0.29) is 0 Å². The summed E-state index contributed by atoms with van der Waals surface area (Å²) >= 11 is 0. The Balaban J connectivity index is 2.35. The number of aliphatic imine (C=N–C) groups is 1. The molecule has 0 bridgehead atoms. The molecule has 1 aromatic carbocycles. The average Bonchev–Trinajstić information content (AvgIpc) is 2.83. The van der Waals surface area contributed by atoms with E-state index in [0.717, 1.165) is 23.5 Å². The normalized spacial score (nSPS) is 11.8. The third-order valence-corrected chi connectivity index (χ3v) is 2.65. The SMILES string of the molecule is CCc1ccccc1N=C(C)c1ccc[nH]1. The van der Waals surface area contributed by atoms with E-state index >= 15 is 0 Å². The van der Waals surface area contributed by atoms with Crippen LogP contribution in [0.3, 0.4) is 0 Å². The molecular formula is C14H16N2. The van der Waals surface area contributed by atoms with Gasteiger partial charge < -0.3 is 4.98 Å². The molecule has 1 N–H and O–H groups in total. The van der Waals surface area contributed by atoms with E-state index in [0.29, 0.717) is 0 Å². The lowest BCUT2D eigenvalue weighted by molar-refractivity contribution is 1.13. The average molecular weight is 212 g/mol. The highest BCUT2D eigenvalue weighted by atomic mass is 14.8. The van der Waals surface area contributed by atoms with Gasteiger partial charge in [0.05, 0.1) is 17.1 Å². The Bertz CT molecular complexity index is 481. The molecule has 0 aliphatic carbocycles. The van der Waals surface area contributed by atoms with Gasteiger partial charge in [0.2, 0.25) is 0 Å². The standard InChI is InChI=1S/C14H16N2/c1-3-12-7-4-5-8-14(12)16-11(2)13-9-6-10-15-13/h4-10,15H,3H2,1-2H3. The van der Waals surface area contributed by atoms with E-state index in [9.17, 15) is 0 Å². The summed E-state index contributed by atoms with van der Waals surface area (Å²) in [7, 11) is 0. The summed E-state index contributed by atoms with van der Waals surface area (Å²) in [5.74, 6) is 0. The Hall–Kier alpha value is -1.83. The van der Waals surface area contributed by atoms with Crippen LogP contribution in [0.15, 0.2) is 47.6 Å². The first kappa shape index (κ1) is 10.7. The van der Waals surface area contributed by atoms with Gasteiger partial charge in [-0.1, -0.05) is 25.1 Å². The molecule has 0 radical (unpaired) electrons. The minimum absolute atomic E-state index is 1.01. The Kier molecular flexibility index (Phi) is 3.20. The van der Waals surface area contributed by atoms with Gasteiger partial charge in [-0.25, -0.2) is 0 Å². The summed E-state index contributed by atoms with van der Waals surface area (Å²) in [6.45, 7) is 4.18. The van der Waals surface area contributed by atoms with Crippen LogP contribution >= 0.6 is 0 Å². The minimum atomic E-state index is 1.01. The molecule has 0 spiro atoms. The lowest BCUT2D eigenvalue weighted by Crippen LogP contribution is -1.94. The molecular weight excluding hydrogens is 196 g/mol. The van der Waals surface area contributed by atoms with Gasteiger partial charge in [-0.2, -0.15) is 0 Å². The molecule has 0 aliphatic rings. The number of hydrogen-bond donors (Lipinski definition) is 1. The van der Waals surface area contributed by atoms with Crippen molar-refractivity contribution in [2.24, 2.45) is 4.99 Å². The zero-order valence-electron chi connectivity index (χ0n) is 9.70. The molecule has 0 saturated heterocycles. The summed E-state index contributed by atoms with van der Waals surface area (Å²) in [5.41, 5.74) is 4.45. The molecule has 0 atom stereocenters. The van der Waals surface area contributed by atoms with Crippen molar-refractivity contribution in [3.05, 3.63) is 53.9 Å². The van der Waals surface area contributed by atoms with E-state index < -0.39 is 0 Å². The number of rotatable bonds is 3. The van der Waals surface area contributed by atoms with Gasteiger partial charge in [0.25, 0.3) is 0 Å². The van der Waals surface area contributed by atoms with Gasteiger partial charge in [0.1, 0.15) is 0 Å². The molecule has 1 aromatic heterocycles. The third-order valence-electron chi connectivity index (χ3n) is 2.65. The molecule has 0 unspecified atom stereocenters. The van der Waals surface area contributed by atoms with Gasteiger partial charge in [-0.05, 0) is 37.1 Å². The second-order valence-corrected chi connectivity index (χ2v) is 3.76. The number of aromatic amines is 1. The van der Waals surface area contributed by atoms with Crippen LogP contribution in [-0.4, -0.2) is 10.7 Å². The van der Waals surface area contributed by atoms with Crippen LogP contribution in [0.25, 0.3) is 0 Å². The molecule has 2 heteroatoms. The first-order valence-electron chi connectivity index (χ1n) is 5.58. The van der Waals surface area contributed by atoms with Crippen molar-refractivity contribution in [1.82, 2.24) is 4.98 Å². The summed E-state index contributed by atoms with van der Waals surface area (Å²) in [6, 6.07) is 12.3. The summed E-state index contributed by atoms with van der Waals surface area (Å²) < 4.78 is 0. The molecule has 0 saturated carbocycles. The van der Waals surface area contributed by atoms with Crippen LogP contribution in [0.2, 0.25) is 0 Å². The highest BCUT2D eigenvalue weighted by molar-refractivity contribution is 5.98. The van der Waals surface area contributed by atoms with E-state index in [4.69, 9.17) is 0 Å². The first-order chi connectivity index (χ1) is 7.81. The molecule has 2 rings (SSSR count). The van der Waals surface area contributed by atoms with E-state index in [1.807, 2.05) is 31.3 Å². The van der Waals surface area contributed by atoms with Crippen LogP contribution in [0.1, 0.15) is 25.1 Å². The fourth-order valence-corrected chi connectivity index (χ4v) is 1.72. The summed E-state index contributed by atoms with van der Waals surface area (Å²) in [4.78, 5) is 7.82. The Morgan fingerprint density at radius 3 is 2.69 bits per heavy atom. The molecule has 2 aromatic rings. The number of para-hydroxylation sites is 1. The van der Waals surface area contributed by atoms with E-state index in [1.54, 1.807) is 0 Å². The highest BCUT2D eigenvalue weighted by Crippen LogP contribution is 2.20. The van der Waals surface area contributed by atoms with E-state index in [1.165, 1.54) is 5.56 Å². The fraction of sp³-hybridized carbons (Fsp3) is 0.214. The second-order valence-electron chi connectivity index (χ2n) is 3.76. The zero-order valence-corrected chi connectivity index (χ0v) is 9.70. The number of benzene rings is 1. The van der Waals surface area contributed by atoms with Crippen molar-refractivity contribution in [3.8, 4) is 0 Å². The molecule has 0 amide bonds.